The van der Waals surface area contributed by atoms with Crippen LogP contribution >= 0.6 is 0 Å². The van der Waals surface area contributed by atoms with Crippen LogP contribution in [0, 0.1) is 0 Å². The molecule has 0 amide bonds. The number of fused-ring (bicyclic) bond motifs is 1. The van der Waals surface area contributed by atoms with E-state index in [1.807, 2.05) is 0 Å². The summed E-state index contributed by atoms with van der Waals surface area (Å²) in [4.78, 5) is 8.10. The molecule has 1 aliphatic heterocycles. The van der Waals surface area contributed by atoms with Crippen LogP contribution in [-0.4, -0.2) is 66.6 Å². The molecule has 6 atom stereocenters. The Morgan fingerprint density at radius 2 is 1.00 bits per heavy atom. The average molecular weight is 210 g/mol. The van der Waals surface area contributed by atoms with Crippen LogP contribution < -0.4 is 0 Å². The molecular weight excluding hydrogens is 200 g/mol. The van der Waals surface area contributed by atoms with Gasteiger partial charge in [0.15, 0.2) is 0 Å². The van der Waals surface area contributed by atoms with Crippen molar-refractivity contribution in [1.29, 1.82) is 0 Å². The topological polar surface area (TPSA) is 140 Å². The minimum Gasteiger partial charge on any atom is -0.387 e. The molecule has 2 rings (SSSR count). The summed E-state index contributed by atoms with van der Waals surface area (Å²) in [7, 11) is 0. The lowest BCUT2D eigenvalue weighted by atomic mass is 9.78. The fraction of sp³-hybridized carbons (Fsp3) is 1.00. The molecule has 14 heavy (non-hydrogen) atoms. The van der Waals surface area contributed by atoms with Crippen molar-refractivity contribution in [2.24, 2.45) is 0 Å². The molecule has 1 aliphatic carbocycles. The van der Waals surface area contributed by atoms with Gasteiger partial charge >= 0.3 is 0 Å². The number of aliphatic hydroxyl groups is 6. The first-order valence-electron chi connectivity index (χ1n) is 3.88. The standard InChI is InChI=1S/C6H10O8/c7-1-2(8)4(10)6(12)5(11,3(1)9)13-14-6/h1-4,7-12H/t1-,2-,3-,4+,5-,6+/m1/s1. The van der Waals surface area contributed by atoms with E-state index in [0.29, 0.717) is 0 Å². The summed E-state index contributed by atoms with van der Waals surface area (Å²) in [6.07, 6.45) is -7.67. The van der Waals surface area contributed by atoms with Crippen molar-refractivity contribution in [3.8, 4) is 0 Å². The smallest absolute Gasteiger partial charge is 0.288 e. The van der Waals surface area contributed by atoms with Gasteiger partial charge in [-0.1, -0.05) is 0 Å². The van der Waals surface area contributed by atoms with E-state index in [9.17, 15) is 20.4 Å². The molecule has 1 heterocycles. The molecule has 2 aliphatic rings. The number of hydrogen-bond donors (Lipinski definition) is 6. The third kappa shape index (κ3) is 0.846. The minimum absolute atomic E-state index is 1.85. The number of rotatable bonds is 0. The third-order valence-electron chi connectivity index (χ3n) is 2.61. The SMILES string of the molecule is O[C@@H]1[C@@H](O)[C@H](O)[C@]2(O)OO[C@]2(O)[C@@H]1O. The Balaban J connectivity index is 2.36. The Morgan fingerprint density at radius 3 is 1.21 bits per heavy atom. The maximum atomic E-state index is 9.44. The molecule has 8 heteroatoms. The fourth-order valence-electron chi connectivity index (χ4n) is 1.57. The first-order valence-corrected chi connectivity index (χ1v) is 3.88. The lowest BCUT2D eigenvalue weighted by Crippen LogP contribution is -2.85. The van der Waals surface area contributed by atoms with Crippen LogP contribution in [0.2, 0.25) is 0 Å². The van der Waals surface area contributed by atoms with E-state index in [4.69, 9.17) is 10.2 Å². The molecule has 6 N–H and O–H groups in total. The fourth-order valence-corrected chi connectivity index (χ4v) is 1.57. The summed E-state index contributed by atoms with van der Waals surface area (Å²) >= 11 is 0. The van der Waals surface area contributed by atoms with E-state index < -0.39 is 36.0 Å². The summed E-state index contributed by atoms with van der Waals surface area (Å²) in [5, 5.41) is 55.7. The first-order chi connectivity index (χ1) is 6.34. The molecule has 0 radical (unpaired) electrons. The molecule has 0 aromatic heterocycles. The zero-order valence-corrected chi connectivity index (χ0v) is 6.81. The predicted molar refractivity (Wildman–Crippen MR) is 36.1 cm³/mol. The highest BCUT2D eigenvalue weighted by atomic mass is 17.3. The molecule has 0 unspecified atom stereocenters. The van der Waals surface area contributed by atoms with Crippen LogP contribution in [0.3, 0.4) is 0 Å². The molecule has 0 spiro atoms. The normalized spacial score (nSPS) is 63.0. The van der Waals surface area contributed by atoms with Gasteiger partial charge < -0.3 is 30.6 Å². The van der Waals surface area contributed by atoms with Crippen LogP contribution in [0.1, 0.15) is 0 Å². The van der Waals surface area contributed by atoms with E-state index in [2.05, 4.69) is 9.78 Å². The zero-order valence-electron chi connectivity index (χ0n) is 6.81. The highest BCUT2D eigenvalue weighted by Crippen LogP contribution is 2.47. The van der Waals surface area contributed by atoms with Crippen molar-refractivity contribution in [1.82, 2.24) is 0 Å². The van der Waals surface area contributed by atoms with Crippen LogP contribution in [0.5, 0.6) is 0 Å². The van der Waals surface area contributed by atoms with E-state index in [1.165, 1.54) is 0 Å². The third-order valence-corrected chi connectivity index (χ3v) is 2.61. The van der Waals surface area contributed by atoms with E-state index >= 15 is 0 Å². The number of aliphatic hydroxyl groups excluding tert-OH is 4. The van der Waals surface area contributed by atoms with Crippen LogP contribution in [0.15, 0.2) is 0 Å². The second-order valence-electron chi connectivity index (χ2n) is 3.43. The molecule has 1 saturated heterocycles. The Kier molecular flexibility index (Phi) is 1.91. The Labute approximate surface area is 77.5 Å². The van der Waals surface area contributed by atoms with Gasteiger partial charge in [-0.05, 0) is 0 Å². The van der Waals surface area contributed by atoms with Gasteiger partial charge in [0.25, 0.3) is 11.6 Å². The highest BCUT2D eigenvalue weighted by molar-refractivity contribution is 5.10. The highest BCUT2D eigenvalue weighted by Gasteiger charge is 2.77. The van der Waals surface area contributed by atoms with Gasteiger partial charge in [0.2, 0.25) is 0 Å². The van der Waals surface area contributed by atoms with Crippen molar-refractivity contribution in [3.63, 3.8) is 0 Å². The maximum absolute atomic E-state index is 9.44. The maximum Gasteiger partial charge on any atom is 0.288 e. The van der Waals surface area contributed by atoms with Gasteiger partial charge in [-0.15, -0.1) is 0 Å². The Morgan fingerprint density at radius 1 is 0.714 bits per heavy atom. The van der Waals surface area contributed by atoms with Crippen LogP contribution in [-0.2, 0) is 9.78 Å². The molecule has 0 aromatic carbocycles. The van der Waals surface area contributed by atoms with Gasteiger partial charge in [0.05, 0.1) is 0 Å². The monoisotopic (exact) mass is 210 g/mol. The van der Waals surface area contributed by atoms with Crippen molar-refractivity contribution < 1.29 is 40.4 Å². The molecule has 0 aromatic rings. The first kappa shape index (κ1) is 10.2. The summed E-state index contributed by atoms with van der Waals surface area (Å²) in [5.41, 5.74) is 0. The molecule has 0 bridgehead atoms. The zero-order chi connectivity index (χ0) is 10.7. The van der Waals surface area contributed by atoms with Crippen molar-refractivity contribution in [2.45, 2.75) is 36.0 Å². The van der Waals surface area contributed by atoms with E-state index in [0.717, 1.165) is 0 Å². The predicted octanol–water partition coefficient (Wildman–Crippen LogP) is -4.22. The van der Waals surface area contributed by atoms with Gasteiger partial charge in [-0.2, -0.15) is 9.78 Å². The van der Waals surface area contributed by atoms with Crippen molar-refractivity contribution in [2.75, 3.05) is 0 Å². The van der Waals surface area contributed by atoms with Gasteiger partial charge in [0.1, 0.15) is 24.4 Å². The summed E-state index contributed by atoms with van der Waals surface area (Å²) in [6.45, 7) is 0. The second-order valence-corrected chi connectivity index (χ2v) is 3.43. The molecule has 1 saturated carbocycles. The summed E-state index contributed by atoms with van der Waals surface area (Å²) in [5.74, 6) is -5.27. The number of hydrogen-bond acceptors (Lipinski definition) is 8. The second kappa shape index (κ2) is 2.62. The summed E-state index contributed by atoms with van der Waals surface area (Å²) in [6, 6.07) is 0. The lowest BCUT2D eigenvalue weighted by Gasteiger charge is -2.57. The van der Waals surface area contributed by atoms with Crippen molar-refractivity contribution in [3.05, 3.63) is 0 Å². The molecule has 8 nitrogen and oxygen atoms in total. The minimum atomic E-state index is -2.63. The largest absolute Gasteiger partial charge is 0.387 e. The van der Waals surface area contributed by atoms with E-state index in [1.54, 1.807) is 0 Å². The Hall–Kier alpha value is -0.320. The van der Waals surface area contributed by atoms with Crippen LogP contribution in [0.25, 0.3) is 0 Å². The average Bonchev–Trinajstić information content (AvgIpc) is 2.19. The molecular formula is C6H10O8. The quantitative estimate of drug-likeness (QED) is 0.221. The van der Waals surface area contributed by atoms with Crippen LogP contribution in [0.4, 0.5) is 0 Å². The van der Waals surface area contributed by atoms with Gasteiger partial charge in [-0.25, -0.2) is 0 Å². The summed E-state index contributed by atoms with van der Waals surface area (Å²) < 4.78 is 0. The van der Waals surface area contributed by atoms with Gasteiger partial charge in [0, 0.05) is 0 Å². The molecule has 82 valence electrons. The van der Waals surface area contributed by atoms with Crippen molar-refractivity contribution >= 4 is 0 Å². The van der Waals surface area contributed by atoms with E-state index in [-0.39, 0.29) is 0 Å². The lowest BCUT2D eigenvalue weighted by molar-refractivity contribution is -0.685. The Bertz CT molecular complexity index is 232. The molecule has 2 fully saturated rings. The van der Waals surface area contributed by atoms with Gasteiger partial charge in [-0.3, -0.25) is 0 Å².